The minimum Gasteiger partial charge on any atom is -0.278 e. The Balaban J connectivity index is 1.78. The number of carbonyl (C=O) groups is 1. The summed E-state index contributed by atoms with van der Waals surface area (Å²) in [7, 11) is 0. The van der Waals surface area contributed by atoms with Gasteiger partial charge in [-0.3, -0.25) is 9.89 Å². The Bertz CT molecular complexity index is 660. The number of rotatable bonds is 3. The van der Waals surface area contributed by atoms with Gasteiger partial charge >= 0.3 is 0 Å². The Morgan fingerprint density at radius 2 is 2.26 bits per heavy atom. The second kappa shape index (κ2) is 4.81. The van der Waals surface area contributed by atoms with E-state index in [1.165, 1.54) is 0 Å². The van der Waals surface area contributed by atoms with Crippen molar-refractivity contribution in [3.8, 4) is 0 Å². The first-order valence-corrected chi connectivity index (χ1v) is 7.21. The lowest BCUT2D eigenvalue weighted by molar-refractivity contribution is -0.117. The topological polar surface area (TPSA) is 58.1 Å². The molecular formula is C14H15N3OS. The second-order valence-electron chi connectivity index (χ2n) is 5.09. The highest BCUT2D eigenvalue weighted by atomic mass is 32.2. The van der Waals surface area contributed by atoms with Crippen molar-refractivity contribution in [2.45, 2.75) is 25.5 Å². The molecule has 0 radical (unpaired) electrons. The third-order valence-electron chi connectivity index (χ3n) is 3.21. The number of nitrogens with one attached hydrogen (secondary N) is 1. The minimum absolute atomic E-state index is 0.00680. The number of thioether (sulfide) groups is 1. The number of nitrogens with zero attached hydrogens (tertiary/aromatic N) is 2. The van der Waals surface area contributed by atoms with E-state index in [1.54, 1.807) is 11.8 Å². The summed E-state index contributed by atoms with van der Waals surface area (Å²) in [5.74, 6) is 0.342. The number of hydrogen-bond acceptors (Lipinski definition) is 3. The highest BCUT2D eigenvalue weighted by Gasteiger charge is 2.30. The van der Waals surface area contributed by atoms with Crippen molar-refractivity contribution in [2.75, 3.05) is 0 Å². The fourth-order valence-corrected chi connectivity index (χ4v) is 3.30. The lowest BCUT2D eigenvalue weighted by Crippen LogP contribution is -2.17. The van der Waals surface area contributed by atoms with Gasteiger partial charge in [-0.1, -0.05) is 31.7 Å². The number of H-pyrrole nitrogens is 1. The summed E-state index contributed by atoms with van der Waals surface area (Å²) in [5.41, 5.74) is 2.19. The van der Waals surface area contributed by atoms with E-state index in [0.717, 1.165) is 27.9 Å². The first-order chi connectivity index (χ1) is 9.13. The maximum atomic E-state index is 11.8. The summed E-state index contributed by atoms with van der Waals surface area (Å²) in [4.78, 5) is 15.9. The van der Waals surface area contributed by atoms with Gasteiger partial charge in [0.25, 0.3) is 5.91 Å². The van der Waals surface area contributed by atoms with E-state index < -0.39 is 0 Å². The molecular weight excluding hydrogens is 258 g/mol. The Morgan fingerprint density at radius 3 is 3.00 bits per heavy atom. The molecule has 19 heavy (non-hydrogen) atoms. The molecule has 1 aliphatic rings. The van der Waals surface area contributed by atoms with E-state index >= 15 is 0 Å². The Kier molecular flexibility index (Phi) is 3.14. The lowest BCUT2D eigenvalue weighted by Gasteiger charge is -2.10. The average Bonchev–Trinajstić information content (AvgIpc) is 2.95. The Morgan fingerprint density at radius 1 is 1.42 bits per heavy atom. The van der Waals surface area contributed by atoms with Gasteiger partial charge in [0, 0.05) is 11.8 Å². The van der Waals surface area contributed by atoms with Gasteiger partial charge in [0.2, 0.25) is 0 Å². The van der Waals surface area contributed by atoms with Crippen LogP contribution in [0.3, 0.4) is 0 Å². The first-order valence-electron chi connectivity index (χ1n) is 6.33. The zero-order valence-corrected chi connectivity index (χ0v) is 11.7. The molecule has 2 aromatic rings. The summed E-state index contributed by atoms with van der Waals surface area (Å²) in [6.07, 6.45) is 2.53. The third kappa shape index (κ3) is 2.42. The van der Waals surface area contributed by atoms with Gasteiger partial charge in [-0.15, -0.1) is 0 Å². The predicted octanol–water partition coefficient (Wildman–Crippen LogP) is 2.80. The standard InChI is InChI=1S/C14H15N3OS/c1-8(2)13-14(18)16-12(19-13)6-9-3-4-11-10(5-9)7-15-17-11/h3-5,7-8,13H,6H2,1-2H3,(H,15,17). The predicted molar refractivity (Wildman–Crippen MR) is 78.5 cm³/mol. The summed E-state index contributed by atoms with van der Waals surface area (Å²) in [5, 5.41) is 8.94. The van der Waals surface area contributed by atoms with Gasteiger partial charge in [0.05, 0.1) is 22.0 Å². The van der Waals surface area contributed by atoms with Crippen LogP contribution in [0.1, 0.15) is 19.4 Å². The highest BCUT2D eigenvalue weighted by molar-refractivity contribution is 8.15. The van der Waals surface area contributed by atoms with Crippen molar-refractivity contribution in [3.05, 3.63) is 30.0 Å². The third-order valence-corrected chi connectivity index (χ3v) is 4.71. The molecule has 0 bridgehead atoms. The Labute approximate surface area is 115 Å². The smallest absolute Gasteiger partial charge is 0.260 e. The number of benzene rings is 1. The van der Waals surface area contributed by atoms with Crippen molar-refractivity contribution >= 4 is 33.6 Å². The van der Waals surface area contributed by atoms with Crippen molar-refractivity contribution in [1.82, 2.24) is 10.2 Å². The zero-order chi connectivity index (χ0) is 13.4. The average molecular weight is 273 g/mol. The molecule has 5 heteroatoms. The monoisotopic (exact) mass is 273 g/mol. The van der Waals surface area contributed by atoms with E-state index in [4.69, 9.17) is 0 Å². The largest absolute Gasteiger partial charge is 0.278 e. The van der Waals surface area contributed by atoms with Crippen LogP contribution in [0.4, 0.5) is 0 Å². The molecule has 0 fully saturated rings. The number of fused-ring (bicyclic) bond motifs is 1. The van der Waals surface area contributed by atoms with Crippen LogP contribution < -0.4 is 0 Å². The molecule has 1 unspecified atom stereocenters. The zero-order valence-electron chi connectivity index (χ0n) is 10.9. The number of carbonyl (C=O) groups excluding carboxylic acids is 1. The van der Waals surface area contributed by atoms with Gasteiger partial charge < -0.3 is 0 Å². The van der Waals surface area contributed by atoms with Crippen molar-refractivity contribution in [3.63, 3.8) is 0 Å². The molecule has 1 aromatic heterocycles. The molecule has 1 N–H and O–H groups in total. The molecule has 1 atom stereocenters. The van der Waals surface area contributed by atoms with Gasteiger partial charge in [0.1, 0.15) is 0 Å². The summed E-state index contributed by atoms with van der Waals surface area (Å²) >= 11 is 1.61. The number of aromatic amines is 1. The quantitative estimate of drug-likeness (QED) is 0.935. The molecule has 1 amide bonds. The van der Waals surface area contributed by atoms with E-state index in [1.807, 2.05) is 12.3 Å². The van der Waals surface area contributed by atoms with E-state index in [-0.39, 0.29) is 11.2 Å². The normalized spacial score (nSPS) is 19.4. The van der Waals surface area contributed by atoms with Crippen LogP contribution in [0, 0.1) is 5.92 Å². The van der Waals surface area contributed by atoms with Crippen LogP contribution in [0.15, 0.2) is 29.4 Å². The molecule has 0 spiro atoms. The minimum atomic E-state index is -0.00680. The van der Waals surface area contributed by atoms with Crippen LogP contribution in [-0.2, 0) is 11.2 Å². The lowest BCUT2D eigenvalue weighted by atomic mass is 10.1. The maximum Gasteiger partial charge on any atom is 0.260 e. The van der Waals surface area contributed by atoms with E-state index in [9.17, 15) is 4.79 Å². The number of hydrogen-bond donors (Lipinski definition) is 1. The molecule has 0 saturated heterocycles. The molecule has 0 aliphatic carbocycles. The van der Waals surface area contributed by atoms with Crippen LogP contribution in [-0.4, -0.2) is 26.4 Å². The summed E-state index contributed by atoms with van der Waals surface area (Å²) in [6, 6.07) is 6.16. The second-order valence-corrected chi connectivity index (χ2v) is 6.31. The number of aliphatic imine (C=N–C) groups is 1. The number of amides is 1. The van der Waals surface area contributed by atoms with Crippen molar-refractivity contribution in [1.29, 1.82) is 0 Å². The SMILES string of the molecule is CC(C)C1SC(Cc2ccc3[nH]ncc3c2)=NC1=O. The van der Waals surface area contributed by atoms with Crippen molar-refractivity contribution < 1.29 is 4.79 Å². The molecule has 4 nitrogen and oxygen atoms in total. The van der Waals surface area contributed by atoms with Crippen LogP contribution in [0.25, 0.3) is 10.9 Å². The molecule has 3 rings (SSSR count). The van der Waals surface area contributed by atoms with Crippen LogP contribution in [0.5, 0.6) is 0 Å². The fourth-order valence-electron chi connectivity index (χ4n) is 2.19. The summed E-state index contributed by atoms with van der Waals surface area (Å²) in [6.45, 7) is 4.12. The van der Waals surface area contributed by atoms with Gasteiger partial charge in [0.15, 0.2) is 0 Å². The van der Waals surface area contributed by atoms with Crippen molar-refractivity contribution in [2.24, 2.45) is 10.9 Å². The van der Waals surface area contributed by atoms with Gasteiger partial charge in [-0.05, 0) is 23.6 Å². The fraction of sp³-hybridized carbons (Fsp3) is 0.357. The van der Waals surface area contributed by atoms with Crippen LogP contribution in [0.2, 0.25) is 0 Å². The van der Waals surface area contributed by atoms with E-state index in [2.05, 4.69) is 41.2 Å². The molecule has 1 aromatic carbocycles. The first kappa shape index (κ1) is 12.4. The molecule has 98 valence electrons. The van der Waals surface area contributed by atoms with Gasteiger partial charge in [-0.2, -0.15) is 5.10 Å². The van der Waals surface area contributed by atoms with Gasteiger partial charge in [-0.25, -0.2) is 4.99 Å². The number of aromatic nitrogens is 2. The summed E-state index contributed by atoms with van der Waals surface area (Å²) < 4.78 is 0. The molecule has 1 aliphatic heterocycles. The van der Waals surface area contributed by atoms with Crippen LogP contribution >= 0.6 is 11.8 Å². The highest BCUT2D eigenvalue weighted by Crippen LogP contribution is 2.30. The Hall–Kier alpha value is -1.62. The molecule has 0 saturated carbocycles. The maximum absolute atomic E-state index is 11.8. The van der Waals surface area contributed by atoms with E-state index in [0.29, 0.717) is 5.92 Å². The molecule has 2 heterocycles.